The van der Waals surface area contributed by atoms with Crippen molar-refractivity contribution in [2.75, 3.05) is 0 Å². The predicted molar refractivity (Wildman–Crippen MR) is 49.5 cm³/mol. The highest BCUT2D eigenvalue weighted by Crippen LogP contribution is 2.13. The van der Waals surface area contributed by atoms with Crippen LogP contribution in [0.3, 0.4) is 0 Å². The van der Waals surface area contributed by atoms with E-state index in [1.807, 2.05) is 12.1 Å². The molecule has 0 amide bonds. The van der Waals surface area contributed by atoms with Crippen molar-refractivity contribution in [2.24, 2.45) is 0 Å². The molecule has 1 heteroatoms. The largest absolute Gasteiger partial charge is 0.0827 e. The molecular weight excluding hydrogens is 156 g/mol. The van der Waals surface area contributed by atoms with E-state index in [-0.39, 0.29) is 0 Å². The van der Waals surface area contributed by atoms with Gasteiger partial charge >= 0.3 is 0 Å². The molecule has 1 radical (unpaired) electrons. The molecule has 1 aromatic rings. The molecule has 0 heterocycles. The number of hydrogen-bond donors (Lipinski definition) is 0. The molecule has 0 aliphatic heterocycles. The van der Waals surface area contributed by atoms with Crippen LogP contribution in [0.1, 0.15) is 16.7 Å². The number of halogens is 1. The number of benzene rings is 1. The molecule has 0 aliphatic rings. The number of aryl methyl sites for hydroxylation is 1. The third-order valence-electron chi connectivity index (χ3n) is 1.86. The van der Waals surface area contributed by atoms with Crippen LogP contribution >= 0.6 is 11.6 Å². The van der Waals surface area contributed by atoms with Gasteiger partial charge in [-0.25, -0.2) is 0 Å². The van der Waals surface area contributed by atoms with Crippen molar-refractivity contribution in [1.29, 1.82) is 0 Å². The summed E-state index contributed by atoms with van der Waals surface area (Å²) in [5, 5.41) is 0. The lowest BCUT2D eigenvalue weighted by Crippen LogP contribution is -1.83. The Morgan fingerprint density at radius 1 is 1.36 bits per heavy atom. The topological polar surface area (TPSA) is 0 Å². The molecule has 1 rings (SSSR count). The van der Waals surface area contributed by atoms with Crippen LogP contribution in [0.4, 0.5) is 0 Å². The van der Waals surface area contributed by atoms with E-state index in [0.717, 1.165) is 5.56 Å². The summed E-state index contributed by atoms with van der Waals surface area (Å²) >= 11 is 5.35. The molecule has 57 valence electrons. The van der Waals surface area contributed by atoms with Crippen molar-refractivity contribution >= 4 is 17.7 Å². The fraction of sp³-hybridized carbons (Fsp3) is 0.200. The monoisotopic (exact) mass is 165 g/mol. The lowest BCUT2D eigenvalue weighted by atomic mass is 10.0. The molecule has 0 unspecified atom stereocenters. The van der Waals surface area contributed by atoms with Crippen molar-refractivity contribution in [3.05, 3.63) is 40.4 Å². The van der Waals surface area contributed by atoms with Gasteiger partial charge in [-0.2, -0.15) is 0 Å². The van der Waals surface area contributed by atoms with Crippen molar-refractivity contribution in [2.45, 2.75) is 13.8 Å². The molecule has 0 N–H and O–H groups in total. The maximum absolute atomic E-state index is 5.35. The standard InChI is InChI=1S/C10H10Cl/c1-8-4-3-5-10(6-7-11)9(8)2/h3-6H,1-2H3. The zero-order chi connectivity index (χ0) is 8.27. The van der Waals surface area contributed by atoms with Gasteiger partial charge in [0.05, 0.1) is 5.54 Å². The second-order valence-electron chi connectivity index (χ2n) is 2.54. The van der Waals surface area contributed by atoms with E-state index < -0.39 is 0 Å². The summed E-state index contributed by atoms with van der Waals surface area (Å²) in [5.74, 6) is 0. The Balaban J connectivity index is 3.16. The zero-order valence-corrected chi connectivity index (χ0v) is 7.44. The highest BCUT2D eigenvalue weighted by atomic mass is 35.5. The molecular formula is C10H10Cl. The van der Waals surface area contributed by atoms with Crippen LogP contribution in [0.5, 0.6) is 0 Å². The van der Waals surface area contributed by atoms with Gasteiger partial charge in [-0.1, -0.05) is 29.8 Å². The van der Waals surface area contributed by atoms with Gasteiger partial charge in [0, 0.05) is 0 Å². The Morgan fingerprint density at radius 3 is 2.73 bits per heavy atom. The van der Waals surface area contributed by atoms with Crippen molar-refractivity contribution in [3.63, 3.8) is 0 Å². The Labute approximate surface area is 72.5 Å². The van der Waals surface area contributed by atoms with Gasteiger partial charge in [-0.15, -0.1) is 0 Å². The van der Waals surface area contributed by atoms with E-state index in [4.69, 9.17) is 11.6 Å². The van der Waals surface area contributed by atoms with Gasteiger partial charge in [0.1, 0.15) is 0 Å². The Hall–Kier alpha value is -0.750. The van der Waals surface area contributed by atoms with Crippen LogP contribution in [0.25, 0.3) is 6.08 Å². The highest BCUT2D eigenvalue weighted by molar-refractivity contribution is 6.23. The number of hydrogen-bond acceptors (Lipinski definition) is 0. The summed E-state index contributed by atoms with van der Waals surface area (Å²) in [6, 6.07) is 6.13. The quantitative estimate of drug-likeness (QED) is 0.599. The molecule has 1 aromatic carbocycles. The molecule has 0 aliphatic carbocycles. The third-order valence-corrected chi connectivity index (χ3v) is 1.97. The average Bonchev–Trinajstić information content (AvgIpc) is 1.99. The fourth-order valence-corrected chi connectivity index (χ4v) is 1.11. The SMILES string of the molecule is Cc1cccc(C=[C]Cl)c1C. The molecule has 0 saturated heterocycles. The maximum Gasteiger partial charge on any atom is 0.0598 e. The second kappa shape index (κ2) is 3.59. The normalized spacial score (nSPS) is 10.8. The summed E-state index contributed by atoms with van der Waals surface area (Å²) in [5.41, 5.74) is 6.19. The van der Waals surface area contributed by atoms with Crippen molar-refractivity contribution in [1.82, 2.24) is 0 Å². The first-order valence-electron chi connectivity index (χ1n) is 3.51. The summed E-state index contributed by atoms with van der Waals surface area (Å²) in [4.78, 5) is 0. The van der Waals surface area contributed by atoms with Gasteiger partial charge in [0.25, 0.3) is 0 Å². The van der Waals surface area contributed by atoms with Crippen LogP contribution in [-0.2, 0) is 0 Å². The summed E-state index contributed by atoms with van der Waals surface area (Å²) in [6.07, 6.45) is 1.78. The first-order chi connectivity index (χ1) is 5.25. The molecule has 0 bridgehead atoms. The lowest BCUT2D eigenvalue weighted by molar-refractivity contribution is 1.33. The molecule has 11 heavy (non-hydrogen) atoms. The summed E-state index contributed by atoms with van der Waals surface area (Å²) in [6.45, 7) is 4.16. The first kappa shape index (κ1) is 8.35. The minimum absolute atomic E-state index is 1.14. The Bertz CT molecular complexity index is 274. The molecule has 0 spiro atoms. The van der Waals surface area contributed by atoms with Crippen molar-refractivity contribution in [3.8, 4) is 0 Å². The fourth-order valence-electron chi connectivity index (χ4n) is 0.989. The van der Waals surface area contributed by atoms with Gasteiger partial charge in [-0.3, -0.25) is 0 Å². The van der Waals surface area contributed by atoms with Crippen LogP contribution in [0.15, 0.2) is 18.2 Å². The van der Waals surface area contributed by atoms with E-state index in [0.29, 0.717) is 0 Å². The van der Waals surface area contributed by atoms with Crippen molar-refractivity contribution < 1.29 is 0 Å². The minimum atomic E-state index is 1.14. The third kappa shape index (κ3) is 1.84. The summed E-state index contributed by atoms with van der Waals surface area (Å²) < 4.78 is 0. The maximum atomic E-state index is 5.35. The molecule has 0 nitrogen and oxygen atoms in total. The van der Waals surface area contributed by atoms with Crippen LogP contribution in [-0.4, -0.2) is 0 Å². The predicted octanol–water partition coefficient (Wildman–Crippen LogP) is 3.32. The number of rotatable bonds is 1. The smallest absolute Gasteiger partial charge is 0.0598 e. The van der Waals surface area contributed by atoms with Crippen LogP contribution in [0.2, 0.25) is 0 Å². The minimum Gasteiger partial charge on any atom is -0.0827 e. The molecule has 0 atom stereocenters. The second-order valence-corrected chi connectivity index (χ2v) is 2.76. The zero-order valence-electron chi connectivity index (χ0n) is 6.69. The first-order valence-corrected chi connectivity index (χ1v) is 3.89. The van der Waals surface area contributed by atoms with Crippen LogP contribution < -0.4 is 0 Å². The van der Waals surface area contributed by atoms with Gasteiger partial charge in [0.2, 0.25) is 0 Å². The lowest BCUT2D eigenvalue weighted by Gasteiger charge is -2.02. The average molecular weight is 166 g/mol. The Kier molecular flexibility index (Phi) is 2.72. The van der Waals surface area contributed by atoms with E-state index >= 15 is 0 Å². The van der Waals surface area contributed by atoms with Gasteiger partial charge in [0.15, 0.2) is 0 Å². The Morgan fingerprint density at radius 2 is 2.09 bits per heavy atom. The highest BCUT2D eigenvalue weighted by Gasteiger charge is 1.95. The van der Waals surface area contributed by atoms with E-state index in [1.165, 1.54) is 11.1 Å². The molecule has 0 saturated carbocycles. The van der Waals surface area contributed by atoms with E-state index in [2.05, 4.69) is 25.4 Å². The van der Waals surface area contributed by atoms with Crippen LogP contribution in [0, 0.1) is 19.4 Å². The summed E-state index contributed by atoms with van der Waals surface area (Å²) in [7, 11) is 0. The van der Waals surface area contributed by atoms with E-state index in [1.54, 1.807) is 6.08 Å². The molecule has 0 fully saturated rings. The van der Waals surface area contributed by atoms with Gasteiger partial charge in [-0.05, 0) is 36.6 Å². The van der Waals surface area contributed by atoms with Gasteiger partial charge < -0.3 is 0 Å². The van der Waals surface area contributed by atoms with E-state index in [9.17, 15) is 0 Å². The molecule has 0 aromatic heterocycles.